The zero-order valence-corrected chi connectivity index (χ0v) is 11.0. The first-order chi connectivity index (χ1) is 8.38. The number of benzene rings is 1. The first-order valence-corrected chi connectivity index (χ1v) is 5.94. The number of hydrogen-bond donors (Lipinski definition) is 0. The first-order valence-electron chi connectivity index (χ1n) is 4.86. The van der Waals surface area contributed by atoms with Crippen LogP contribution in [0.2, 0.25) is 0 Å². The summed E-state index contributed by atoms with van der Waals surface area (Å²) in [7, 11) is 0. The molecule has 94 valence electrons. The van der Waals surface area contributed by atoms with Crippen LogP contribution in [0.3, 0.4) is 0 Å². The van der Waals surface area contributed by atoms with Crippen LogP contribution in [0.25, 0.3) is 11.3 Å². The van der Waals surface area contributed by atoms with E-state index in [9.17, 15) is 17.6 Å². The van der Waals surface area contributed by atoms with Gasteiger partial charge in [-0.15, -0.1) is 0 Å². The monoisotopic (exact) mass is 367 g/mol. The number of pyridine rings is 1. The number of halogens is 5. The number of aromatic nitrogens is 1. The normalized spacial score (nSPS) is 11.6. The lowest BCUT2D eigenvalue weighted by Crippen LogP contribution is -2.04. The summed E-state index contributed by atoms with van der Waals surface area (Å²) < 4.78 is 51.8. The molecule has 0 fully saturated rings. The van der Waals surface area contributed by atoms with Gasteiger partial charge >= 0.3 is 6.18 Å². The maximum absolute atomic E-state index is 13.6. The molecule has 1 heterocycles. The molecule has 0 unspecified atom stereocenters. The molecule has 0 bridgehead atoms. The van der Waals surface area contributed by atoms with Crippen molar-refractivity contribution in [3.63, 3.8) is 0 Å². The third-order valence-electron chi connectivity index (χ3n) is 2.27. The van der Waals surface area contributed by atoms with Crippen LogP contribution in [0.5, 0.6) is 0 Å². The van der Waals surface area contributed by atoms with Gasteiger partial charge in [-0.1, -0.05) is 12.1 Å². The number of rotatable bonds is 1. The molecule has 1 aromatic carbocycles. The van der Waals surface area contributed by atoms with Crippen molar-refractivity contribution in [2.45, 2.75) is 6.18 Å². The molecule has 1 aromatic heterocycles. The molecule has 0 aliphatic carbocycles. The Balaban J connectivity index is 2.51. The minimum Gasteiger partial charge on any atom is -0.252 e. The third-order valence-corrected chi connectivity index (χ3v) is 2.86. The highest BCUT2D eigenvalue weighted by atomic mass is 127. The summed E-state index contributed by atoms with van der Waals surface area (Å²) >= 11 is 1.88. The maximum Gasteiger partial charge on any atom is 0.416 e. The first kappa shape index (κ1) is 13.3. The molecular formula is C12H6F4IN. The standard InChI is InChI=1S/C12H6F4IN/c13-10-5-9(17)6-18-11(10)7-2-1-3-8(4-7)12(14,15)16/h1-6H. The van der Waals surface area contributed by atoms with E-state index in [2.05, 4.69) is 4.98 Å². The van der Waals surface area contributed by atoms with E-state index in [1.807, 2.05) is 22.6 Å². The zero-order chi connectivity index (χ0) is 13.3. The molecule has 0 aliphatic heterocycles. The van der Waals surface area contributed by atoms with Gasteiger partial charge in [0.15, 0.2) is 5.82 Å². The largest absolute Gasteiger partial charge is 0.416 e. The molecule has 18 heavy (non-hydrogen) atoms. The Morgan fingerprint density at radius 3 is 2.44 bits per heavy atom. The van der Waals surface area contributed by atoms with E-state index in [0.717, 1.165) is 12.1 Å². The fraction of sp³-hybridized carbons (Fsp3) is 0.0833. The molecule has 0 amide bonds. The summed E-state index contributed by atoms with van der Waals surface area (Å²) in [5, 5.41) is 0. The van der Waals surface area contributed by atoms with Gasteiger partial charge in [0.1, 0.15) is 5.69 Å². The Labute approximate surface area is 114 Å². The van der Waals surface area contributed by atoms with Gasteiger partial charge in [0.05, 0.1) is 5.56 Å². The van der Waals surface area contributed by atoms with Gasteiger partial charge in [0.25, 0.3) is 0 Å². The molecular weight excluding hydrogens is 361 g/mol. The fourth-order valence-corrected chi connectivity index (χ4v) is 1.88. The summed E-state index contributed by atoms with van der Waals surface area (Å²) in [5.41, 5.74) is -0.792. The zero-order valence-electron chi connectivity index (χ0n) is 8.80. The van der Waals surface area contributed by atoms with Crippen molar-refractivity contribution in [2.24, 2.45) is 0 Å². The molecule has 0 radical (unpaired) electrons. The Morgan fingerprint density at radius 1 is 1.11 bits per heavy atom. The van der Waals surface area contributed by atoms with Gasteiger partial charge in [-0.3, -0.25) is 4.98 Å². The predicted molar refractivity (Wildman–Crippen MR) is 67.4 cm³/mol. The Hall–Kier alpha value is -1.18. The van der Waals surface area contributed by atoms with E-state index in [1.165, 1.54) is 24.4 Å². The van der Waals surface area contributed by atoms with Crippen LogP contribution in [0.1, 0.15) is 5.56 Å². The van der Waals surface area contributed by atoms with Crippen LogP contribution in [-0.2, 0) is 6.18 Å². The highest BCUT2D eigenvalue weighted by Crippen LogP contribution is 2.32. The van der Waals surface area contributed by atoms with E-state index in [1.54, 1.807) is 0 Å². The van der Waals surface area contributed by atoms with E-state index < -0.39 is 17.6 Å². The van der Waals surface area contributed by atoms with Gasteiger partial charge < -0.3 is 0 Å². The van der Waals surface area contributed by atoms with Crippen molar-refractivity contribution in [3.8, 4) is 11.3 Å². The van der Waals surface area contributed by atoms with Crippen LogP contribution in [-0.4, -0.2) is 4.98 Å². The summed E-state index contributed by atoms with van der Waals surface area (Å²) in [6.07, 6.45) is -3.05. The van der Waals surface area contributed by atoms with E-state index in [4.69, 9.17) is 0 Å². The van der Waals surface area contributed by atoms with Gasteiger partial charge in [-0.05, 0) is 40.8 Å². The quantitative estimate of drug-likeness (QED) is 0.534. The summed E-state index contributed by atoms with van der Waals surface area (Å²) in [4.78, 5) is 3.82. The van der Waals surface area contributed by atoms with Crippen molar-refractivity contribution in [3.05, 3.63) is 51.5 Å². The van der Waals surface area contributed by atoms with Gasteiger partial charge in [0, 0.05) is 15.3 Å². The molecule has 1 nitrogen and oxygen atoms in total. The van der Waals surface area contributed by atoms with Crippen LogP contribution >= 0.6 is 22.6 Å². The van der Waals surface area contributed by atoms with Crippen molar-refractivity contribution < 1.29 is 17.6 Å². The lowest BCUT2D eigenvalue weighted by molar-refractivity contribution is -0.137. The molecule has 2 aromatic rings. The van der Waals surface area contributed by atoms with Crippen LogP contribution in [0.4, 0.5) is 17.6 Å². The Morgan fingerprint density at radius 2 is 1.83 bits per heavy atom. The Kier molecular flexibility index (Phi) is 3.56. The van der Waals surface area contributed by atoms with Gasteiger partial charge in [-0.25, -0.2) is 4.39 Å². The SMILES string of the molecule is Fc1cc(I)cnc1-c1cccc(C(F)(F)F)c1. The second-order valence-electron chi connectivity index (χ2n) is 3.56. The fourth-order valence-electron chi connectivity index (χ4n) is 1.47. The number of nitrogens with zero attached hydrogens (tertiary/aromatic N) is 1. The van der Waals surface area contributed by atoms with Crippen molar-refractivity contribution in [2.75, 3.05) is 0 Å². The van der Waals surface area contributed by atoms with E-state index in [0.29, 0.717) is 3.57 Å². The minimum absolute atomic E-state index is 0.0819. The third kappa shape index (κ3) is 2.80. The van der Waals surface area contributed by atoms with E-state index in [-0.39, 0.29) is 11.3 Å². The second-order valence-corrected chi connectivity index (χ2v) is 4.81. The van der Waals surface area contributed by atoms with Crippen molar-refractivity contribution in [1.29, 1.82) is 0 Å². The summed E-state index contributed by atoms with van der Waals surface area (Å²) in [6, 6.07) is 5.68. The highest BCUT2D eigenvalue weighted by Gasteiger charge is 2.30. The predicted octanol–water partition coefficient (Wildman–Crippen LogP) is 4.51. The van der Waals surface area contributed by atoms with Gasteiger partial charge in [0.2, 0.25) is 0 Å². The van der Waals surface area contributed by atoms with Crippen LogP contribution in [0, 0.1) is 9.39 Å². The van der Waals surface area contributed by atoms with E-state index >= 15 is 0 Å². The van der Waals surface area contributed by atoms with Crippen LogP contribution in [0.15, 0.2) is 36.5 Å². The molecule has 2 rings (SSSR count). The number of hydrogen-bond acceptors (Lipinski definition) is 1. The second kappa shape index (κ2) is 4.83. The van der Waals surface area contributed by atoms with Crippen molar-refractivity contribution >= 4 is 22.6 Å². The lowest BCUT2D eigenvalue weighted by atomic mass is 10.1. The molecule has 0 spiro atoms. The minimum atomic E-state index is -4.45. The average molecular weight is 367 g/mol. The van der Waals surface area contributed by atoms with Crippen molar-refractivity contribution in [1.82, 2.24) is 4.98 Å². The topological polar surface area (TPSA) is 12.9 Å². The molecule has 0 N–H and O–H groups in total. The lowest BCUT2D eigenvalue weighted by Gasteiger charge is -2.09. The average Bonchev–Trinajstić information content (AvgIpc) is 2.28. The molecule has 0 saturated carbocycles. The highest BCUT2D eigenvalue weighted by molar-refractivity contribution is 14.1. The maximum atomic E-state index is 13.6. The molecule has 6 heteroatoms. The number of alkyl halides is 3. The smallest absolute Gasteiger partial charge is 0.252 e. The van der Waals surface area contributed by atoms with Gasteiger partial charge in [-0.2, -0.15) is 13.2 Å². The molecule has 0 atom stereocenters. The summed E-state index contributed by atoms with van der Waals surface area (Å²) in [6.45, 7) is 0. The van der Waals surface area contributed by atoms with Crippen LogP contribution < -0.4 is 0 Å². The summed E-state index contributed by atoms with van der Waals surface area (Å²) in [5.74, 6) is -0.638. The molecule has 0 saturated heterocycles. The Bertz CT molecular complexity index is 581. The molecule has 0 aliphatic rings.